The van der Waals surface area contributed by atoms with E-state index in [0.717, 1.165) is 0 Å². The number of nitrogens with one attached hydrogen (secondary N) is 3. The van der Waals surface area contributed by atoms with Gasteiger partial charge in [-0.25, -0.2) is 14.4 Å². The number of nitrogens with two attached hydrogens (primary N) is 1. The molecular weight excluding hydrogens is 240 g/mol. The standard InChI is InChI=1S/C10H20N4O4/c1-3-6(2)7(8(15)16)14-10(18)13-5-4-12-9(11)17/h6-7H,3-5H2,1-2H3,(H,15,16)(H3,11,12,17)(H2,13,14,18)/t6-,7-/m0/s1. The summed E-state index contributed by atoms with van der Waals surface area (Å²) in [4.78, 5) is 32.7. The van der Waals surface area contributed by atoms with Crippen LogP contribution in [0.25, 0.3) is 0 Å². The Bertz CT molecular complexity index is 308. The molecule has 8 heteroatoms. The lowest BCUT2D eigenvalue weighted by Crippen LogP contribution is -2.50. The minimum Gasteiger partial charge on any atom is -0.480 e. The van der Waals surface area contributed by atoms with E-state index < -0.39 is 24.1 Å². The molecule has 0 fully saturated rings. The first-order chi connectivity index (χ1) is 8.38. The third-order valence-corrected chi connectivity index (χ3v) is 2.48. The van der Waals surface area contributed by atoms with Gasteiger partial charge in [0.1, 0.15) is 6.04 Å². The first kappa shape index (κ1) is 16.0. The molecule has 18 heavy (non-hydrogen) atoms. The SMILES string of the molecule is CC[C@H](C)[C@H](NC(=O)NCCNC(N)=O)C(=O)O. The van der Waals surface area contributed by atoms with Crippen molar-refractivity contribution in [2.24, 2.45) is 11.7 Å². The highest BCUT2D eigenvalue weighted by molar-refractivity contribution is 5.82. The molecule has 104 valence electrons. The zero-order valence-electron chi connectivity index (χ0n) is 10.5. The van der Waals surface area contributed by atoms with Gasteiger partial charge in [0.05, 0.1) is 0 Å². The second-order valence-corrected chi connectivity index (χ2v) is 3.89. The minimum atomic E-state index is -1.07. The summed E-state index contributed by atoms with van der Waals surface area (Å²) in [6, 6.07) is -2.20. The van der Waals surface area contributed by atoms with Gasteiger partial charge in [0.25, 0.3) is 0 Å². The molecule has 0 aromatic rings. The molecule has 0 saturated carbocycles. The molecule has 0 aliphatic rings. The van der Waals surface area contributed by atoms with Gasteiger partial charge >= 0.3 is 18.0 Å². The number of hydrogen-bond acceptors (Lipinski definition) is 3. The van der Waals surface area contributed by atoms with Gasteiger partial charge in [0.2, 0.25) is 0 Å². The molecule has 2 atom stereocenters. The number of hydrogen-bond donors (Lipinski definition) is 5. The summed E-state index contributed by atoms with van der Waals surface area (Å²) in [5, 5.41) is 16.0. The number of rotatable bonds is 7. The summed E-state index contributed by atoms with van der Waals surface area (Å²) >= 11 is 0. The van der Waals surface area contributed by atoms with Crippen LogP contribution in [0.1, 0.15) is 20.3 Å². The van der Waals surface area contributed by atoms with Gasteiger partial charge in [-0.15, -0.1) is 0 Å². The van der Waals surface area contributed by atoms with Crippen molar-refractivity contribution in [1.82, 2.24) is 16.0 Å². The molecule has 0 aliphatic carbocycles. The van der Waals surface area contributed by atoms with Crippen LogP contribution in [0.3, 0.4) is 0 Å². The third-order valence-electron chi connectivity index (χ3n) is 2.48. The Labute approximate surface area is 105 Å². The van der Waals surface area contributed by atoms with Crippen LogP contribution in [-0.2, 0) is 4.79 Å². The van der Waals surface area contributed by atoms with E-state index in [0.29, 0.717) is 6.42 Å². The van der Waals surface area contributed by atoms with Gasteiger partial charge in [-0.3, -0.25) is 0 Å². The molecule has 0 aromatic carbocycles. The Morgan fingerprint density at radius 1 is 1.22 bits per heavy atom. The van der Waals surface area contributed by atoms with Crippen molar-refractivity contribution in [2.45, 2.75) is 26.3 Å². The van der Waals surface area contributed by atoms with Crippen molar-refractivity contribution in [3.05, 3.63) is 0 Å². The zero-order chi connectivity index (χ0) is 14.1. The maximum atomic E-state index is 11.4. The van der Waals surface area contributed by atoms with E-state index in [2.05, 4.69) is 16.0 Å². The fourth-order valence-corrected chi connectivity index (χ4v) is 1.24. The molecule has 0 unspecified atom stereocenters. The Morgan fingerprint density at radius 2 is 1.78 bits per heavy atom. The number of carbonyl (C=O) groups excluding carboxylic acids is 2. The van der Waals surface area contributed by atoms with Gasteiger partial charge in [-0.1, -0.05) is 20.3 Å². The number of carboxylic acids is 1. The molecule has 8 nitrogen and oxygen atoms in total. The zero-order valence-corrected chi connectivity index (χ0v) is 10.5. The fourth-order valence-electron chi connectivity index (χ4n) is 1.24. The van der Waals surface area contributed by atoms with Crippen LogP contribution in [0.4, 0.5) is 9.59 Å². The lowest BCUT2D eigenvalue weighted by atomic mass is 9.99. The van der Waals surface area contributed by atoms with Gasteiger partial charge in [0, 0.05) is 13.1 Å². The van der Waals surface area contributed by atoms with E-state index in [9.17, 15) is 14.4 Å². The summed E-state index contributed by atoms with van der Waals surface area (Å²) in [7, 11) is 0. The van der Waals surface area contributed by atoms with Gasteiger partial charge in [-0.05, 0) is 5.92 Å². The van der Waals surface area contributed by atoms with Crippen LogP contribution >= 0.6 is 0 Å². The van der Waals surface area contributed by atoms with Crippen molar-refractivity contribution >= 4 is 18.0 Å². The highest BCUT2D eigenvalue weighted by Crippen LogP contribution is 2.07. The lowest BCUT2D eigenvalue weighted by molar-refractivity contribution is -0.140. The predicted octanol–water partition coefficient (Wildman–Crippen LogP) is -0.547. The van der Waals surface area contributed by atoms with Crippen LogP contribution in [0.5, 0.6) is 0 Å². The molecule has 0 spiro atoms. The summed E-state index contributed by atoms with van der Waals surface area (Å²) < 4.78 is 0. The average Bonchev–Trinajstić information content (AvgIpc) is 2.30. The van der Waals surface area contributed by atoms with Crippen molar-refractivity contribution in [3.8, 4) is 0 Å². The second-order valence-electron chi connectivity index (χ2n) is 3.89. The second kappa shape index (κ2) is 8.15. The molecule has 4 amide bonds. The smallest absolute Gasteiger partial charge is 0.326 e. The summed E-state index contributed by atoms with van der Waals surface area (Å²) in [5.74, 6) is -1.24. The van der Waals surface area contributed by atoms with Gasteiger partial charge < -0.3 is 26.8 Å². The summed E-state index contributed by atoms with van der Waals surface area (Å²) in [6.45, 7) is 3.94. The maximum absolute atomic E-state index is 11.4. The van der Waals surface area contributed by atoms with Gasteiger partial charge in [0.15, 0.2) is 0 Å². The quantitative estimate of drug-likeness (QED) is 0.393. The van der Waals surface area contributed by atoms with Crippen molar-refractivity contribution in [1.29, 1.82) is 0 Å². The largest absolute Gasteiger partial charge is 0.480 e. The Balaban J connectivity index is 4.03. The molecule has 0 bridgehead atoms. The number of carbonyl (C=O) groups is 3. The van der Waals surface area contributed by atoms with E-state index in [4.69, 9.17) is 10.8 Å². The van der Waals surface area contributed by atoms with Gasteiger partial charge in [-0.2, -0.15) is 0 Å². The molecular formula is C10H20N4O4. The average molecular weight is 260 g/mol. The highest BCUT2D eigenvalue weighted by atomic mass is 16.4. The topological polar surface area (TPSA) is 134 Å². The molecule has 0 aliphatic heterocycles. The Morgan fingerprint density at radius 3 is 2.22 bits per heavy atom. The van der Waals surface area contributed by atoms with E-state index in [1.165, 1.54) is 0 Å². The van der Waals surface area contributed by atoms with E-state index >= 15 is 0 Å². The fraction of sp³-hybridized carbons (Fsp3) is 0.700. The third kappa shape index (κ3) is 6.56. The monoisotopic (exact) mass is 260 g/mol. The number of amides is 4. The first-order valence-electron chi connectivity index (χ1n) is 5.69. The number of primary amides is 1. The van der Waals surface area contributed by atoms with Crippen molar-refractivity contribution in [2.75, 3.05) is 13.1 Å². The minimum absolute atomic E-state index is 0.168. The van der Waals surface area contributed by atoms with Crippen LogP contribution in [0.2, 0.25) is 0 Å². The number of carboxylic acid groups (broad SMARTS) is 1. The maximum Gasteiger partial charge on any atom is 0.326 e. The van der Waals surface area contributed by atoms with Crippen molar-refractivity contribution < 1.29 is 19.5 Å². The van der Waals surface area contributed by atoms with E-state index in [1.54, 1.807) is 6.92 Å². The van der Waals surface area contributed by atoms with Crippen molar-refractivity contribution in [3.63, 3.8) is 0 Å². The summed E-state index contributed by atoms with van der Waals surface area (Å²) in [5.41, 5.74) is 4.83. The normalized spacial score (nSPS) is 13.2. The van der Waals surface area contributed by atoms with E-state index in [1.807, 2.05) is 6.92 Å². The van der Waals surface area contributed by atoms with Crippen LogP contribution in [0, 0.1) is 5.92 Å². The van der Waals surface area contributed by atoms with E-state index in [-0.39, 0.29) is 19.0 Å². The molecule has 6 N–H and O–H groups in total. The molecule has 0 heterocycles. The number of aliphatic carboxylic acids is 1. The Kier molecular flexibility index (Phi) is 7.25. The Hall–Kier alpha value is -1.99. The van der Waals surface area contributed by atoms with Crippen LogP contribution in [-0.4, -0.2) is 42.3 Å². The summed E-state index contributed by atoms with van der Waals surface area (Å²) in [6.07, 6.45) is 0.639. The molecule has 0 aromatic heterocycles. The molecule has 0 rings (SSSR count). The highest BCUT2D eigenvalue weighted by Gasteiger charge is 2.24. The lowest BCUT2D eigenvalue weighted by Gasteiger charge is -2.20. The number of urea groups is 2. The first-order valence-corrected chi connectivity index (χ1v) is 5.69. The van der Waals surface area contributed by atoms with Crippen LogP contribution < -0.4 is 21.7 Å². The molecule has 0 saturated heterocycles. The van der Waals surface area contributed by atoms with Crippen LogP contribution in [0.15, 0.2) is 0 Å². The predicted molar refractivity (Wildman–Crippen MR) is 65.0 cm³/mol. The molecule has 0 radical (unpaired) electrons.